The molecule has 118 valence electrons. The average Bonchev–Trinajstić information content (AvgIpc) is 3.27. The Morgan fingerprint density at radius 2 is 2.05 bits per heavy atom. The minimum atomic E-state index is -0.495. The second-order valence-corrected chi connectivity index (χ2v) is 6.03. The summed E-state index contributed by atoms with van der Waals surface area (Å²) in [5.41, 5.74) is 2.15. The zero-order valence-electron chi connectivity index (χ0n) is 13.2. The van der Waals surface area contributed by atoms with Crippen LogP contribution in [-0.4, -0.2) is 43.3 Å². The molecule has 0 radical (unpaired) electrons. The molecule has 1 aliphatic carbocycles. The van der Waals surface area contributed by atoms with E-state index < -0.39 is 6.10 Å². The Labute approximate surface area is 130 Å². The van der Waals surface area contributed by atoms with Gasteiger partial charge in [0, 0.05) is 6.54 Å². The van der Waals surface area contributed by atoms with Crippen LogP contribution >= 0.6 is 0 Å². The standard InChI is InChI=1S/C16H23N5O/c1-3-20(10-15(22)13-6-4-12(2)5-7-13)11-16-17-18-19-21(16)14-8-9-14/h4-7,14-15,22H,3,8-11H2,1-2H3. The van der Waals surface area contributed by atoms with Gasteiger partial charge in [-0.25, -0.2) is 4.68 Å². The predicted octanol–water partition coefficient (Wildman–Crippen LogP) is 1.87. The van der Waals surface area contributed by atoms with Crippen molar-refractivity contribution in [2.24, 2.45) is 0 Å². The van der Waals surface area contributed by atoms with Crippen molar-refractivity contribution in [3.05, 3.63) is 41.2 Å². The number of rotatable bonds is 7. The third kappa shape index (κ3) is 3.51. The summed E-state index contributed by atoms with van der Waals surface area (Å²) in [6.45, 7) is 6.24. The highest BCUT2D eigenvalue weighted by Crippen LogP contribution is 2.34. The molecule has 2 aromatic rings. The van der Waals surface area contributed by atoms with Gasteiger partial charge in [0.25, 0.3) is 0 Å². The van der Waals surface area contributed by atoms with E-state index in [2.05, 4.69) is 27.3 Å². The molecule has 1 heterocycles. The van der Waals surface area contributed by atoms with Crippen LogP contribution in [0.3, 0.4) is 0 Å². The van der Waals surface area contributed by atoms with Gasteiger partial charge in [0.1, 0.15) is 0 Å². The maximum absolute atomic E-state index is 10.4. The van der Waals surface area contributed by atoms with Gasteiger partial charge in [-0.05, 0) is 42.3 Å². The van der Waals surface area contributed by atoms with Crippen molar-refractivity contribution in [3.8, 4) is 0 Å². The van der Waals surface area contributed by atoms with Crippen LogP contribution in [0.1, 0.15) is 48.9 Å². The predicted molar refractivity (Wildman–Crippen MR) is 83.2 cm³/mol. The summed E-state index contributed by atoms with van der Waals surface area (Å²) in [7, 11) is 0. The zero-order chi connectivity index (χ0) is 15.5. The number of hydrogen-bond acceptors (Lipinski definition) is 5. The Bertz CT molecular complexity index is 605. The molecule has 1 saturated carbocycles. The van der Waals surface area contributed by atoms with Gasteiger partial charge >= 0.3 is 0 Å². The van der Waals surface area contributed by atoms with Crippen molar-refractivity contribution < 1.29 is 5.11 Å². The minimum absolute atomic E-state index is 0.478. The molecule has 1 N–H and O–H groups in total. The summed E-state index contributed by atoms with van der Waals surface area (Å²) in [5.74, 6) is 0.889. The van der Waals surface area contributed by atoms with Crippen molar-refractivity contribution in [1.82, 2.24) is 25.1 Å². The first kappa shape index (κ1) is 15.1. The molecule has 1 aromatic heterocycles. The SMILES string of the molecule is CCN(Cc1nnnn1C1CC1)CC(O)c1ccc(C)cc1. The summed E-state index contributed by atoms with van der Waals surface area (Å²) in [4.78, 5) is 2.18. The van der Waals surface area contributed by atoms with E-state index in [0.29, 0.717) is 19.1 Å². The molecule has 0 amide bonds. The molecule has 0 saturated heterocycles. The molecule has 6 nitrogen and oxygen atoms in total. The van der Waals surface area contributed by atoms with Crippen LogP contribution in [0.5, 0.6) is 0 Å². The van der Waals surface area contributed by atoms with Gasteiger partial charge in [0.2, 0.25) is 0 Å². The van der Waals surface area contributed by atoms with E-state index in [0.717, 1.165) is 30.8 Å². The molecule has 0 spiro atoms. The van der Waals surface area contributed by atoms with Gasteiger partial charge in [0.05, 0.1) is 18.7 Å². The Hall–Kier alpha value is -1.79. The van der Waals surface area contributed by atoms with E-state index in [-0.39, 0.29) is 0 Å². The van der Waals surface area contributed by atoms with Crippen LogP contribution in [0.25, 0.3) is 0 Å². The maximum atomic E-state index is 10.4. The molecule has 1 unspecified atom stereocenters. The zero-order valence-corrected chi connectivity index (χ0v) is 13.2. The highest BCUT2D eigenvalue weighted by atomic mass is 16.3. The van der Waals surface area contributed by atoms with E-state index in [1.807, 2.05) is 35.9 Å². The second kappa shape index (κ2) is 6.54. The molecule has 0 aliphatic heterocycles. The summed E-state index contributed by atoms with van der Waals surface area (Å²) < 4.78 is 1.93. The lowest BCUT2D eigenvalue weighted by Gasteiger charge is -2.23. The first-order valence-corrected chi connectivity index (χ1v) is 7.91. The number of nitrogens with zero attached hydrogens (tertiary/aromatic N) is 5. The van der Waals surface area contributed by atoms with Crippen molar-refractivity contribution in [1.29, 1.82) is 0 Å². The molecule has 1 atom stereocenters. The van der Waals surface area contributed by atoms with Crippen LogP contribution in [0.4, 0.5) is 0 Å². The normalized spacial score (nSPS) is 16.2. The van der Waals surface area contributed by atoms with Crippen molar-refractivity contribution >= 4 is 0 Å². The van der Waals surface area contributed by atoms with Crippen LogP contribution in [0.2, 0.25) is 0 Å². The van der Waals surface area contributed by atoms with Crippen LogP contribution in [0, 0.1) is 6.92 Å². The minimum Gasteiger partial charge on any atom is -0.387 e. The number of hydrogen-bond donors (Lipinski definition) is 1. The van der Waals surface area contributed by atoms with Gasteiger partial charge in [-0.3, -0.25) is 4.90 Å². The number of likely N-dealkylation sites (N-methyl/N-ethyl adjacent to an activating group) is 1. The molecule has 6 heteroatoms. The van der Waals surface area contributed by atoms with E-state index in [9.17, 15) is 5.11 Å². The number of benzene rings is 1. The summed E-state index contributed by atoms with van der Waals surface area (Å²) in [5, 5.41) is 22.4. The molecule has 22 heavy (non-hydrogen) atoms. The lowest BCUT2D eigenvalue weighted by atomic mass is 10.1. The van der Waals surface area contributed by atoms with Crippen LogP contribution in [0.15, 0.2) is 24.3 Å². The molecular weight excluding hydrogens is 278 g/mol. The second-order valence-electron chi connectivity index (χ2n) is 6.03. The topological polar surface area (TPSA) is 67.1 Å². The Kier molecular flexibility index (Phi) is 4.49. The number of tetrazole rings is 1. The maximum Gasteiger partial charge on any atom is 0.165 e. The molecule has 0 bridgehead atoms. The fraction of sp³-hybridized carbons (Fsp3) is 0.562. The van der Waals surface area contributed by atoms with Crippen LogP contribution < -0.4 is 0 Å². The fourth-order valence-corrected chi connectivity index (χ4v) is 2.56. The smallest absolute Gasteiger partial charge is 0.165 e. The van der Waals surface area contributed by atoms with E-state index in [4.69, 9.17) is 0 Å². The number of aliphatic hydroxyl groups excluding tert-OH is 1. The number of aryl methyl sites for hydroxylation is 1. The highest BCUT2D eigenvalue weighted by Gasteiger charge is 2.28. The van der Waals surface area contributed by atoms with Gasteiger partial charge in [-0.1, -0.05) is 36.8 Å². The highest BCUT2D eigenvalue weighted by molar-refractivity contribution is 5.23. The van der Waals surface area contributed by atoms with E-state index in [1.54, 1.807) is 0 Å². The molecular formula is C16H23N5O. The van der Waals surface area contributed by atoms with E-state index in [1.165, 1.54) is 5.56 Å². The van der Waals surface area contributed by atoms with Crippen molar-refractivity contribution in [3.63, 3.8) is 0 Å². The summed E-state index contributed by atoms with van der Waals surface area (Å²) in [6, 6.07) is 8.51. The average molecular weight is 301 g/mol. The first-order chi connectivity index (χ1) is 10.7. The van der Waals surface area contributed by atoms with E-state index >= 15 is 0 Å². The quantitative estimate of drug-likeness (QED) is 0.845. The lowest BCUT2D eigenvalue weighted by Crippen LogP contribution is -2.29. The van der Waals surface area contributed by atoms with Gasteiger partial charge in [-0.2, -0.15) is 0 Å². The fourth-order valence-electron chi connectivity index (χ4n) is 2.56. The van der Waals surface area contributed by atoms with Gasteiger partial charge in [-0.15, -0.1) is 5.10 Å². The largest absolute Gasteiger partial charge is 0.387 e. The Morgan fingerprint density at radius 1 is 1.32 bits per heavy atom. The lowest BCUT2D eigenvalue weighted by molar-refractivity contribution is 0.110. The Balaban J connectivity index is 1.63. The number of aromatic nitrogens is 4. The molecule has 1 fully saturated rings. The van der Waals surface area contributed by atoms with Gasteiger partial charge in [0.15, 0.2) is 5.82 Å². The van der Waals surface area contributed by atoms with Gasteiger partial charge < -0.3 is 5.11 Å². The van der Waals surface area contributed by atoms with Crippen molar-refractivity contribution in [2.45, 2.75) is 45.4 Å². The summed E-state index contributed by atoms with van der Waals surface area (Å²) in [6.07, 6.45) is 1.83. The van der Waals surface area contributed by atoms with Crippen LogP contribution in [-0.2, 0) is 6.54 Å². The molecule has 3 rings (SSSR count). The number of aliphatic hydroxyl groups is 1. The molecule has 1 aromatic carbocycles. The monoisotopic (exact) mass is 301 g/mol. The molecule has 1 aliphatic rings. The third-order valence-electron chi connectivity index (χ3n) is 4.16. The summed E-state index contributed by atoms with van der Waals surface area (Å²) >= 11 is 0. The Morgan fingerprint density at radius 3 is 2.68 bits per heavy atom. The first-order valence-electron chi connectivity index (χ1n) is 7.91. The van der Waals surface area contributed by atoms with Crippen molar-refractivity contribution in [2.75, 3.05) is 13.1 Å². The third-order valence-corrected chi connectivity index (χ3v) is 4.16.